The predicted octanol–water partition coefficient (Wildman–Crippen LogP) is 0.876. The fraction of sp³-hybridized carbons (Fsp3) is 0.688. The third kappa shape index (κ3) is 4.58. The van der Waals surface area contributed by atoms with Crippen molar-refractivity contribution in [3.8, 4) is 0 Å². The van der Waals surface area contributed by atoms with E-state index in [0.717, 1.165) is 41.6 Å². The van der Waals surface area contributed by atoms with E-state index in [0.29, 0.717) is 26.3 Å². The van der Waals surface area contributed by atoms with E-state index in [1.54, 1.807) is 11.8 Å². The Morgan fingerprint density at radius 1 is 1.42 bits per heavy atom. The number of amides is 1. The second-order valence-electron chi connectivity index (χ2n) is 5.77. The van der Waals surface area contributed by atoms with E-state index in [9.17, 15) is 4.79 Å². The zero-order valence-corrected chi connectivity index (χ0v) is 15.5. The molecule has 0 radical (unpaired) electrons. The van der Waals surface area contributed by atoms with Crippen LogP contribution in [-0.4, -0.2) is 61.0 Å². The zero-order valence-electron chi connectivity index (χ0n) is 14.7. The maximum absolute atomic E-state index is 12.5. The van der Waals surface area contributed by atoms with E-state index < -0.39 is 0 Å². The molecule has 2 rings (SSSR count). The lowest BCUT2D eigenvalue weighted by Crippen LogP contribution is -2.45. The molecule has 0 bridgehead atoms. The number of hydrogen-bond acceptors (Lipinski definition) is 7. The first-order valence-corrected chi connectivity index (χ1v) is 9.52. The smallest absolute Gasteiger partial charge is 0.242 e. The number of ether oxygens (including phenoxy) is 1. The van der Waals surface area contributed by atoms with Gasteiger partial charge in [0.05, 0.1) is 13.2 Å². The highest BCUT2D eigenvalue weighted by Gasteiger charge is 2.33. The van der Waals surface area contributed by atoms with E-state index >= 15 is 0 Å². The molecule has 1 unspecified atom stereocenters. The van der Waals surface area contributed by atoms with Crippen LogP contribution in [0, 0.1) is 13.8 Å². The van der Waals surface area contributed by atoms with Crippen molar-refractivity contribution in [1.29, 1.82) is 0 Å². The Hall–Kier alpha value is -1.38. The lowest BCUT2D eigenvalue weighted by Gasteiger charge is -2.27. The van der Waals surface area contributed by atoms with Crippen LogP contribution in [0.3, 0.4) is 0 Å². The molecule has 1 saturated heterocycles. The molecule has 1 aromatic heterocycles. The molecule has 1 aliphatic rings. The van der Waals surface area contributed by atoms with Gasteiger partial charge in [-0.15, -0.1) is 11.8 Å². The minimum Gasteiger partial charge on any atom is -0.378 e. The van der Waals surface area contributed by atoms with Crippen molar-refractivity contribution < 1.29 is 9.53 Å². The fourth-order valence-electron chi connectivity index (χ4n) is 2.91. The first-order chi connectivity index (χ1) is 11.6. The first-order valence-electron chi connectivity index (χ1n) is 8.30. The zero-order chi connectivity index (χ0) is 17.5. The average molecular weight is 353 g/mol. The molecule has 0 aliphatic carbocycles. The molecule has 1 amide bonds. The fourth-order valence-corrected chi connectivity index (χ4v) is 3.53. The summed E-state index contributed by atoms with van der Waals surface area (Å²) in [4.78, 5) is 23.7. The van der Waals surface area contributed by atoms with Gasteiger partial charge in [0.25, 0.3) is 0 Å². The Kier molecular flexibility index (Phi) is 7.26. The molecule has 24 heavy (non-hydrogen) atoms. The van der Waals surface area contributed by atoms with Crippen molar-refractivity contribution >= 4 is 23.5 Å². The van der Waals surface area contributed by atoms with Gasteiger partial charge < -0.3 is 20.7 Å². The number of nitrogens with zero attached hydrogens (tertiary/aromatic N) is 3. The Morgan fingerprint density at radius 2 is 2.21 bits per heavy atom. The van der Waals surface area contributed by atoms with Crippen LogP contribution in [0.2, 0.25) is 0 Å². The second kappa shape index (κ2) is 9.19. The Balaban J connectivity index is 2.05. The number of rotatable bonds is 8. The minimum atomic E-state index is -0.179. The van der Waals surface area contributed by atoms with Gasteiger partial charge in [0, 0.05) is 25.2 Å². The van der Waals surface area contributed by atoms with Gasteiger partial charge in [0.2, 0.25) is 5.91 Å². The van der Waals surface area contributed by atoms with Crippen LogP contribution < -0.4 is 16.0 Å². The van der Waals surface area contributed by atoms with Crippen molar-refractivity contribution in [2.45, 2.75) is 37.8 Å². The molecule has 3 N–H and O–H groups in total. The molecule has 0 spiro atoms. The Morgan fingerprint density at radius 3 is 2.92 bits per heavy atom. The molecule has 134 valence electrons. The SMILES string of the molecule is CSc1nc(C)nc(N2CCCC2C(=O)NCCOCCN)c1C. The van der Waals surface area contributed by atoms with Crippen molar-refractivity contribution in [2.75, 3.05) is 44.0 Å². The van der Waals surface area contributed by atoms with Gasteiger partial charge in [0.1, 0.15) is 22.7 Å². The van der Waals surface area contributed by atoms with Crippen LogP contribution in [0.5, 0.6) is 0 Å². The van der Waals surface area contributed by atoms with Crippen molar-refractivity contribution in [3.05, 3.63) is 11.4 Å². The molecule has 1 atom stereocenters. The molecule has 1 aliphatic heterocycles. The highest BCUT2D eigenvalue weighted by Crippen LogP contribution is 2.31. The lowest BCUT2D eigenvalue weighted by molar-refractivity contribution is -0.122. The topological polar surface area (TPSA) is 93.4 Å². The normalized spacial score (nSPS) is 17.3. The molecule has 0 aromatic carbocycles. The summed E-state index contributed by atoms with van der Waals surface area (Å²) < 4.78 is 5.30. The standard InChI is InChI=1S/C16H27N5O2S/c1-11-14(19-12(2)20-16(11)24-3)21-8-4-5-13(21)15(22)18-7-10-23-9-6-17/h13H,4-10,17H2,1-3H3,(H,18,22). The minimum absolute atomic E-state index is 0.0326. The number of nitrogens with one attached hydrogen (secondary N) is 1. The van der Waals surface area contributed by atoms with Crippen LogP contribution in [0.1, 0.15) is 24.2 Å². The summed E-state index contributed by atoms with van der Waals surface area (Å²) in [6.07, 6.45) is 3.83. The molecular formula is C16H27N5O2S. The third-order valence-corrected chi connectivity index (χ3v) is 4.80. The number of anilines is 1. The number of aryl methyl sites for hydroxylation is 1. The van der Waals surface area contributed by atoms with Gasteiger partial charge >= 0.3 is 0 Å². The highest BCUT2D eigenvalue weighted by molar-refractivity contribution is 7.98. The second-order valence-corrected chi connectivity index (χ2v) is 6.57. The van der Waals surface area contributed by atoms with Crippen LogP contribution in [0.25, 0.3) is 0 Å². The van der Waals surface area contributed by atoms with Crippen LogP contribution in [0.15, 0.2) is 5.03 Å². The number of thioether (sulfide) groups is 1. The van der Waals surface area contributed by atoms with Crippen LogP contribution >= 0.6 is 11.8 Å². The molecular weight excluding hydrogens is 326 g/mol. The monoisotopic (exact) mass is 353 g/mol. The van der Waals surface area contributed by atoms with Gasteiger partial charge in [0.15, 0.2) is 0 Å². The highest BCUT2D eigenvalue weighted by atomic mass is 32.2. The maximum atomic E-state index is 12.5. The van der Waals surface area contributed by atoms with E-state index in [2.05, 4.69) is 20.2 Å². The number of aromatic nitrogens is 2. The van der Waals surface area contributed by atoms with Gasteiger partial charge in [-0.05, 0) is 32.9 Å². The van der Waals surface area contributed by atoms with Crippen LogP contribution in [-0.2, 0) is 9.53 Å². The number of nitrogens with two attached hydrogens (primary N) is 1. The van der Waals surface area contributed by atoms with Gasteiger partial charge in [-0.2, -0.15) is 0 Å². The van der Waals surface area contributed by atoms with E-state index in [1.165, 1.54) is 0 Å². The van der Waals surface area contributed by atoms with Gasteiger partial charge in [-0.3, -0.25) is 4.79 Å². The summed E-state index contributed by atoms with van der Waals surface area (Å²) >= 11 is 1.61. The third-order valence-electron chi connectivity index (χ3n) is 4.02. The molecule has 8 heteroatoms. The molecule has 1 aromatic rings. The quantitative estimate of drug-likeness (QED) is 0.407. The summed E-state index contributed by atoms with van der Waals surface area (Å²) in [7, 11) is 0. The first kappa shape index (κ1) is 19.0. The summed E-state index contributed by atoms with van der Waals surface area (Å²) in [5.41, 5.74) is 6.41. The van der Waals surface area contributed by atoms with E-state index in [1.807, 2.05) is 20.1 Å². The average Bonchev–Trinajstić information content (AvgIpc) is 3.05. The van der Waals surface area contributed by atoms with Crippen molar-refractivity contribution in [1.82, 2.24) is 15.3 Å². The number of carbonyl (C=O) groups is 1. The maximum Gasteiger partial charge on any atom is 0.242 e. The Bertz CT molecular complexity index is 570. The van der Waals surface area contributed by atoms with Gasteiger partial charge in [-0.1, -0.05) is 0 Å². The van der Waals surface area contributed by atoms with Crippen molar-refractivity contribution in [3.63, 3.8) is 0 Å². The van der Waals surface area contributed by atoms with Crippen molar-refractivity contribution in [2.24, 2.45) is 5.73 Å². The molecule has 0 saturated carbocycles. The van der Waals surface area contributed by atoms with E-state index in [-0.39, 0.29) is 11.9 Å². The molecule has 2 heterocycles. The van der Waals surface area contributed by atoms with Gasteiger partial charge in [-0.25, -0.2) is 9.97 Å². The molecule has 7 nitrogen and oxygen atoms in total. The summed E-state index contributed by atoms with van der Waals surface area (Å²) in [5, 5.41) is 3.92. The summed E-state index contributed by atoms with van der Waals surface area (Å²) in [6, 6.07) is -0.179. The molecule has 1 fully saturated rings. The largest absolute Gasteiger partial charge is 0.378 e. The predicted molar refractivity (Wildman–Crippen MR) is 96.5 cm³/mol. The lowest BCUT2D eigenvalue weighted by atomic mass is 10.2. The summed E-state index contributed by atoms with van der Waals surface area (Å²) in [5.74, 6) is 1.65. The van der Waals surface area contributed by atoms with E-state index in [4.69, 9.17) is 10.5 Å². The number of carbonyl (C=O) groups excluding carboxylic acids is 1. The number of hydrogen-bond donors (Lipinski definition) is 2. The Labute approximate surface area is 147 Å². The summed E-state index contributed by atoms with van der Waals surface area (Å²) in [6.45, 7) is 6.75. The van der Waals surface area contributed by atoms with Crippen LogP contribution in [0.4, 0.5) is 5.82 Å².